The summed E-state index contributed by atoms with van der Waals surface area (Å²) in [6.07, 6.45) is 0.967. The second-order valence-electron chi connectivity index (χ2n) is 6.62. The van der Waals surface area contributed by atoms with Gasteiger partial charge in [-0.05, 0) is 31.0 Å². The normalized spacial score (nSPS) is 19.2. The van der Waals surface area contributed by atoms with Gasteiger partial charge >= 0.3 is 0 Å². The highest BCUT2D eigenvalue weighted by atomic mass is 16.7. The van der Waals surface area contributed by atoms with E-state index in [4.69, 9.17) is 9.47 Å². The van der Waals surface area contributed by atoms with Gasteiger partial charge in [0.15, 0.2) is 11.5 Å². The van der Waals surface area contributed by atoms with Crippen LogP contribution in [0.3, 0.4) is 0 Å². The molecular formula is C18H27N3O3. The van der Waals surface area contributed by atoms with Crippen molar-refractivity contribution in [2.75, 3.05) is 39.5 Å². The molecule has 3 rings (SSSR count). The molecule has 1 amide bonds. The first kappa shape index (κ1) is 17.0. The van der Waals surface area contributed by atoms with E-state index in [1.807, 2.05) is 13.0 Å². The highest BCUT2D eigenvalue weighted by Crippen LogP contribution is 2.32. The van der Waals surface area contributed by atoms with Crippen LogP contribution >= 0.6 is 0 Å². The summed E-state index contributed by atoms with van der Waals surface area (Å²) in [5.74, 6) is 1.80. The van der Waals surface area contributed by atoms with Crippen molar-refractivity contribution in [2.24, 2.45) is 0 Å². The number of fused-ring (bicyclic) bond motifs is 1. The van der Waals surface area contributed by atoms with Gasteiger partial charge in [0, 0.05) is 38.8 Å². The van der Waals surface area contributed by atoms with Crippen molar-refractivity contribution in [3.05, 3.63) is 23.8 Å². The average Bonchev–Trinajstić information content (AvgIpc) is 3.04. The molecule has 1 fully saturated rings. The van der Waals surface area contributed by atoms with Gasteiger partial charge in [0.25, 0.3) is 0 Å². The Labute approximate surface area is 143 Å². The summed E-state index contributed by atoms with van der Waals surface area (Å²) in [7, 11) is 0. The van der Waals surface area contributed by atoms with Crippen molar-refractivity contribution in [3.63, 3.8) is 0 Å². The Morgan fingerprint density at radius 1 is 1.17 bits per heavy atom. The third-order valence-electron chi connectivity index (χ3n) is 4.70. The molecule has 1 aromatic rings. The molecule has 0 spiro atoms. The minimum Gasteiger partial charge on any atom is -0.454 e. The minimum absolute atomic E-state index is 0.133. The molecule has 0 saturated carbocycles. The van der Waals surface area contributed by atoms with Crippen LogP contribution in [0.2, 0.25) is 0 Å². The number of rotatable bonds is 6. The molecule has 0 radical (unpaired) electrons. The molecule has 2 aliphatic rings. The second kappa shape index (κ2) is 7.85. The Hall–Kier alpha value is -1.79. The van der Waals surface area contributed by atoms with Crippen LogP contribution in [0.25, 0.3) is 0 Å². The van der Waals surface area contributed by atoms with Crippen LogP contribution in [0.15, 0.2) is 18.2 Å². The summed E-state index contributed by atoms with van der Waals surface area (Å²) in [4.78, 5) is 16.6. The lowest BCUT2D eigenvalue weighted by molar-refractivity contribution is -0.123. The lowest BCUT2D eigenvalue weighted by Gasteiger charge is -2.34. The van der Waals surface area contributed by atoms with E-state index in [-0.39, 0.29) is 11.9 Å². The molecule has 1 atom stereocenters. The smallest absolute Gasteiger partial charge is 0.234 e. The van der Waals surface area contributed by atoms with Crippen LogP contribution in [0.1, 0.15) is 25.8 Å². The van der Waals surface area contributed by atoms with Gasteiger partial charge < -0.3 is 14.8 Å². The number of nitrogens with zero attached hydrogens (tertiary/aromatic N) is 2. The molecule has 6 heteroatoms. The van der Waals surface area contributed by atoms with Gasteiger partial charge in [-0.1, -0.05) is 13.0 Å². The van der Waals surface area contributed by atoms with Crippen LogP contribution in [-0.2, 0) is 11.3 Å². The lowest BCUT2D eigenvalue weighted by atomic mass is 10.1. The fourth-order valence-corrected chi connectivity index (χ4v) is 3.03. The summed E-state index contributed by atoms with van der Waals surface area (Å²) < 4.78 is 10.8. The van der Waals surface area contributed by atoms with Crippen molar-refractivity contribution >= 4 is 5.91 Å². The molecule has 2 aliphatic heterocycles. The van der Waals surface area contributed by atoms with Gasteiger partial charge in [0.05, 0.1) is 6.54 Å². The number of ether oxygens (including phenoxy) is 2. The van der Waals surface area contributed by atoms with Gasteiger partial charge in [-0.15, -0.1) is 0 Å². The number of carbonyl (C=O) groups excluding carboxylic acids is 1. The number of hydrogen-bond donors (Lipinski definition) is 1. The van der Waals surface area contributed by atoms with Gasteiger partial charge in [-0.3, -0.25) is 14.6 Å². The zero-order valence-electron chi connectivity index (χ0n) is 14.6. The van der Waals surface area contributed by atoms with E-state index >= 15 is 0 Å². The van der Waals surface area contributed by atoms with E-state index in [1.54, 1.807) is 0 Å². The highest BCUT2D eigenvalue weighted by molar-refractivity contribution is 5.78. The number of hydrogen-bond acceptors (Lipinski definition) is 5. The van der Waals surface area contributed by atoms with E-state index < -0.39 is 0 Å². The average molecular weight is 333 g/mol. The first-order valence-electron chi connectivity index (χ1n) is 8.76. The van der Waals surface area contributed by atoms with Gasteiger partial charge in [0.2, 0.25) is 12.7 Å². The van der Waals surface area contributed by atoms with Crippen molar-refractivity contribution < 1.29 is 14.3 Å². The minimum atomic E-state index is 0.133. The fourth-order valence-electron chi connectivity index (χ4n) is 3.03. The predicted molar refractivity (Wildman–Crippen MR) is 92.2 cm³/mol. The SMILES string of the molecule is CC[C@H](C)NC(=O)CN1CCN(Cc2ccc3c(c2)OCO3)CC1. The molecular weight excluding hydrogens is 306 g/mol. The van der Waals surface area contributed by atoms with Crippen LogP contribution in [-0.4, -0.2) is 61.3 Å². The Morgan fingerprint density at radius 2 is 1.88 bits per heavy atom. The van der Waals surface area contributed by atoms with E-state index in [2.05, 4.69) is 34.2 Å². The van der Waals surface area contributed by atoms with Crippen LogP contribution in [0, 0.1) is 0 Å². The maximum absolute atomic E-state index is 12.0. The topological polar surface area (TPSA) is 54.0 Å². The molecule has 0 unspecified atom stereocenters. The maximum Gasteiger partial charge on any atom is 0.234 e. The number of piperazine rings is 1. The summed E-state index contributed by atoms with van der Waals surface area (Å²) in [5.41, 5.74) is 1.24. The number of carbonyl (C=O) groups is 1. The van der Waals surface area contributed by atoms with E-state index in [0.29, 0.717) is 13.3 Å². The van der Waals surface area contributed by atoms with Crippen LogP contribution < -0.4 is 14.8 Å². The quantitative estimate of drug-likeness (QED) is 0.854. The molecule has 1 aromatic carbocycles. The van der Waals surface area contributed by atoms with E-state index in [9.17, 15) is 4.79 Å². The monoisotopic (exact) mass is 333 g/mol. The Bertz CT molecular complexity index is 571. The van der Waals surface area contributed by atoms with Gasteiger partial charge in [-0.25, -0.2) is 0 Å². The molecule has 0 bridgehead atoms. The molecule has 1 saturated heterocycles. The third-order valence-corrected chi connectivity index (χ3v) is 4.70. The van der Waals surface area contributed by atoms with Crippen LogP contribution in [0.5, 0.6) is 11.5 Å². The Morgan fingerprint density at radius 3 is 2.62 bits per heavy atom. The molecule has 6 nitrogen and oxygen atoms in total. The Kier molecular flexibility index (Phi) is 5.58. The Balaban J connectivity index is 1.43. The first-order chi connectivity index (χ1) is 11.6. The number of amides is 1. The standard InChI is InChI=1S/C18H27N3O3/c1-3-14(2)19-18(22)12-21-8-6-20(7-9-21)11-15-4-5-16-17(10-15)24-13-23-16/h4-5,10,14H,3,6-9,11-13H2,1-2H3,(H,19,22)/t14-/m0/s1. The summed E-state index contributed by atoms with van der Waals surface area (Å²) in [6, 6.07) is 6.39. The summed E-state index contributed by atoms with van der Waals surface area (Å²) >= 11 is 0. The molecule has 2 heterocycles. The van der Waals surface area contributed by atoms with Gasteiger partial charge in [0.1, 0.15) is 0 Å². The summed E-state index contributed by atoms with van der Waals surface area (Å²) in [6.45, 7) is 9.66. The third kappa shape index (κ3) is 4.39. The lowest BCUT2D eigenvalue weighted by Crippen LogP contribution is -2.49. The predicted octanol–water partition coefficient (Wildman–Crippen LogP) is 1.45. The van der Waals surface area contributed by atoms with Gasteiger partial charge in [-0.2, -0.15) is 0 Å². The summed E-state index contributed by atoms with van der Waals surface area (Å²) in [5, 5.41) is 3.03. The number of nitrogens with one attached hydrogen (secondary N) is 1. The maximum atomic E-state index is 12.0. The van der Waals surface area contributed by atoms with Crippen LogP contribution in [0.4, 0.5) is 0 Å². The van der Waals surface area contributed by atoms with Crippen molar-refractivity contribution in [1.82, 2.24) is 15.1 Å². The molecule has 0 aliphatic carbocycles. The van der Waals surface area contributed by atoms with Crippen molar-refractivity contribution in [2.45, 2.75) is 32.9 Å². The van der Waals surface area contributed by atoms with E-state index in [0.717, 1.165) is 50.6 Å². The van der Waals surface area contributed by atoms with Crippen molar-refractivity contribution in [1.29, 1.82) is 0 Å². The molecule has 0 aromatic heterocycles. The zero-order valence-corrected chi connectivity index (χ0v) is 14.6. The molecule has 1 N–H and O–H groups in total. The van der Waals surface area contributed by atoms with E-state index in [1.165, 1.54) is 5.56 Å². The fraction of sp³-hybridized carbons (Fsp3) is 0.611. The zero-order chi connectivity index (χ0) is 16.9. The molecule has 24 heavy (non-hydrogen) atoms. The highest BCUT2D eigenvalue weighted by Gasteiger charge is 2.20. The largest absolute Gasteiger partial charge is 0.454 e. The number of benzene rings is 1. The van der Waals surface area contributed by atoms with Crippen molar-refractivity contribution in [3.8, 4) is 11.5 Å². The molecule has 132 valence electrons. The second-order valence-corrected chi connectivity index (χ2v) is 6.62. The first-order valence-corrected chi connectivity index (χ1v) is 8.76.